The van der Waals surface area contributed by atoms with E-state index in [1.807, 2.05) is 0 Å². The molecule has 0 nitrogen and oxygen atoms in total. The molecule has 0 fully saturated rings. The van der Waals surface area contributed by atoms with Crippen molar-refractivity contribution in [1.82, 2.24) is 0 Å². The van der Waals surface area contributed by atoms with E-state index in [0.717, 1.165) is 12.8 Å². The van der Waals surface area contributed by atoms with E-state index in [1.54, 1.807) is 0 Å². The standard InChI is InChI=1S/C8H17F.CH4/c1-3-5-8(4-2)6-7-9;/h8H,3-7H2,1-2H3;1H4. The fourth-order valence-corrected chi connectivity index (χ4v) is 1.12. The molecule has 0 heterocycles. The van der Waals surface area contributed by atoms with Crippen LogP contribution in [0.15, 0.2) is 0 Å². The van der Waals surface area contributed by atoms with Crippen LogP contribution in [0, 0.1) is 5.92 Å². The SMILES string of the molecule is C.CCCC(CC)CCF. The lowest BCUT2D eigenvalue weighted by atomic mass is 9.98. The summed E-state index contributed by atoms with van der Waals surface area (Å²) < 4.78 is 11.8. The van der Waals surface area contributed by atoms with E-state index in [1.165, 1.54) is 12.8 Å². The first-order valence-corrected chi connectivity index (χ1v) is 3.91. The highest BCUT2D eigenvalue weighted by molar-refractivity contribution is 4.54. The lowest BCUT2D eigenvalue weighted by Gasteiger charge is -2.09. The highest BCUT2D eigenvalue weighted by atomic mass is 19.1. The minimum atomic E-state index is -0.140. The Morgan fingerprint density at radius 2 is 1.80 bits per heavy atom. The van der Waals surface area contributed by atoms with Crippen LogP contribution in [-0.4, -0.2) is 6.67 Å². The smallest absolute Gasteiger partial charge is 0.0897 e. The van der Waals surface area contributed by atoms with Crippen LogP contribution in [0.3, 0.4) is 0 Å². The van der Waals surface area contributed by atoms with Gasteiger partial charge < -0.3 is 0 Å². The summed E-state index contributed by atoms with van der Waals surface area (Å²) in [6.45, 7) is 4.15. The molecule has 0 aromatic carbocycles. The predicted octanol–water partition coefficient (Wildman–Crippen LogP) is 3.81. The van der Waals surface area contributed by atoms with Gasteiger partial charge in [-0.05, 0) is 12.3 Å². The molecule has 10 heavy (non-hydrogen) atoms. The van der Waals surface area contributed by atoms with E-state index in [9.17, 15) is 4.39 Å². The Morgan fingerprint density at radius 1 is 1.20 bits per heavy atom. The molecule has 0 radical (unpaired) electrons. The Morgan fingerprint density at radius 3 is 2.10 bits per heavy atom. The summed E-state index contributed by atoms with van der Waals surface area (Å²) >= 11 is 0. The monoisotopic (exact) mass is 148 g/mol. The fraction of sp³-hybridized carbons (Fsp3) is 1.00. The first kappa shape index (κ1) is 12.6. The summed E-state index contributed by atoms with van der Waals surface area (Å²) in [4.78, 5) is 0. The minimum Gasteiger partial charge on any atom is -0.251 e. The number of hydrogen-bond donors (Lipinski definition) is 0. The third kappa shape index (κ3) is 6.06. The molecule has 0 saturated carbocycles. The van der Waals surface area contributed by atoms with Gasteiger partial charge in [0.05, 0.1) is 6.67 Å². The zero-order valence-corrected chi connectivity index (χ0v) is 6.49. The zero-order valence-electron chi connectivity index (χ0n) is 6.49. The maximum Gasteiger partial charge on any atom is 0.0897 e. The highest BCUT2D eigenvalue weighted by Crippen LogP contribution is 2.14. The molecule has 0 aliphatic heterocycles. The van der Waals surface area contributed by atoms with Crippen molar-refractivity contribution >= 4 is 0 Å². The van der Waals surface area contributed by atoms with Crippen LogP contribution >= 0.6 is 0 Å². The minimum absolute atomic E-state index is 0. The molecule has 0 N–H and O–H groups in total. The number of halogens is 1. The van der Waals surface area contributed by atoms with Gasteiger partial charge in [-0.15, -0.1) is 0 Å². The maximum atomic E-state index is 11.8. The lowest BCUT2D eigenvalue weighted by Crippen LogP contribution is -1.98. The summed E-state index contributed by atoms with van der Waals surface area (Å²) in [5.74, 6) is 0.639. The average Bonchev–Trinajstić information content (AvgIpc) is 1.88. The topological polar surface area (TPSA) is 0 Å². The lowest BCUT2D eigenvalue weighted by molar-refractivity contribution is 0.360. The van der Waals surface area contributed by atoms with Crippen LogP contribution in [0.25, 0.3) is 0 Å². The van der Waals surface area contributed by atoms with Crippen LogP contribution in [0.5, 0.6) is 0 Å². The van der Waals surface area contributed by atoms with Crippen molar-refractivity contribution in [3.8, 4) is 0 Å². The quantitative estimate of drug-likeness (QED) is 0.556. The second kappa shape index (κ2) is 8.93. The first-order chi connectivity index (χ1) is 4.35. The summed E-state index contributed by atoms with van der Waals surface area (Å²) in [5.41, 5.74) is 0. The molecular formula is C9H21F. The fourth-order valence-electron chi connectivity index (χ4n) is 1.12. The second-order valence-corrected chi connectivity index (χ2v) is 2.54. The molecule has 0 amide bonds. The third-order valence-corrected chi connectivity index (χ3v) is 1.79. The molecule has 0 aromatic heterocycles. The van der Waals surface area contributed by atoms with E-state index in [0.29, 0.717) is 5.92 Å². The Hall–Kier alpha value is -0.0700. The van der Waals surface area contributed by atoms with Crippen molar-refractivity contribution in [1.29, 1.82) is 0 Å². The van der Waals surface area contributed by atoms with E-state index in [4.69, 9.17) is 0 Å². The predicted molar refractivity (Wildman–Crippen MR) is 46.0 cm³/mol. The van der Waals surface area contributed by atoms with Crippen LogP contribution in [-0.2, 0) is 0 Å². The molecule has 0 spiro atoms. The van der Waals surface area contributed by atoms with Gasteiger partial charge in [-0.25, -0.2) is 0 Å². The molecule has 1 unspecified atom stereocenters. The molecule has 0 aliphatic rings. The Balaban J connectivity index is 0. The van der Waals surface area contributed by atoms with Gasteiger partial charge in [0, 0.05) is 0 Å². The summed E-state index contributed by atoms with van der Waals surface area (Å²) in [6, 6.07) is 0. The largest absolute Gasteiger partial charge is 0.251 e. The summed E-state index contributed by atoms with van der Waals surface area (Å²) in [7, 11) is 0. The molecule has 64 valence electrons. The van der Waals surface area contributed by atoms with Crippen molar-refractivity contribution in [3.05, 3.63) is 0 Å². The molecule has 0 aromatic rings. The third-order valence-electron chi connectivity index (χ3n) is 1.79. The molecule has 1 atom stereocenters. The van der Waals surface area contributed by atoms with E-state index >= 15 is 0 Å². The molecular weight excluding hydrogens is 127 g/mol. The van der Waals surface area contributed by atoms with Crippen molar-refractivity contribution in [2.45, 2.75) is 47.0 Å². The van der Waals surface area contributed by atoms with Crippen molar-refractivity contribution in [2.24, 2.45) is 5.92 Å². The number of rotatable bonds is 5. The van der Waals surface area contributed by atoms with Gasteiger partial charge >= 0.3 is 0 Å². The normalized spacial score (nSPS) is 12.3. The van der Waals surface area contributed by atoms with Gasteiger partial charge in [0.15, 0.2) is 0 Å². The maximum absolute atomic E-state index is 11.8. The van der Waals surface area contributed by atoms with Gasteiger partial charge in [-0.1, -0.05) is 40.5 Å². The van der Waals surface area contributed by atoms with E-state index in [-0.39, 0.29) is 14.1 Å². The second-order valence-electron chi connectivity index (χ2n) is 2.54. The van der Waals surface area contributed by atoms with E-state index in [2.05, 4.69) is 13.8 Å². The van der Waals surface area contributed by atoms with Gasteiger partial charge in [-0.3, -0.25) is 4.39 Å². The molecule has 0 saturated heterocycles. The molecule has 1 heteroatoms. The van der Waals surface area contributed by atoms with Crippen molar-refractivity contribution < 1.29 is 4.39 Å². The van der Waals surface area contributed by atoms with Crippen LogP contribution in [0.2, 0.25) is 0 Å². The van der Waals surface area contributed by atoms with Crippen molar-refractivity contribution in [2.75, 3.05) is 6.67 Å². The first-order valence-electron chi connectivity index (χ1n) is 3.91. The van der Waals surface area contributed by atoms with Gasteiger partial charge in [0.2, 0.25) is 0 Å². The number of alkyl halides is 1. The zero-order chi connectivity index (χ0) is 7.11. The summed E-state index contributed by atoms with van der Waals surface area (Å²) in [5, 5.41) is 0. The number of hydrogen-bond acceptors (Lipinski definition) is 0. The van der Waals surface area contributed by atoms with Gasteiger partial charge in [0.25, 0.3) is 0 Å². The average molecular weight is 148 g/mol. The molecule has 0 rings (SSSR count). The van der Waals surface area contributed by atoms with Crippen LogP contribution in [0.1, 0.15) is 47.0 Å². The molecule has 0 bridgehead atoms. The van der Waals surface area contributed by atoms with Crippen LogP contribution < -0.4 is 0 Å². The Bertz CT molecular complexity index is 46.7. The van der Waals surface area contributed by atoms with Gasteiger partial charge in [-0.2, -0.15) is 0 Å². The van der Waals surface area contributed by atoms with Crippen molar-refractivity contribution in [3.63, 3.8) is 0 Å². The highest BCUT2D eigenvalue weighted by Gasteiger charge is 2.02. The summed E-state index contributed by atoms with van der Waals surface area (Å²) in [6.07, 6.45) is 4.29. The van der Waals surface area contributed by atoms with Crippen LogP contribution in [0.4, 0.5) is 4.39 Å². The Kier molecular flexibility index (Phi) is 11.2. The van der Waals surface area contributed by atoms with Gasteiger partial charge in [0.1, 0.15) is 0 Å². The van der Waals surface area contributed by atoms with E-state index < -0.39 is 0 Å². The Labute approximate surface area is 64.8 Å². The molecule has 0 aliphatic carbocycles.